The van der Waals surface area contributed by atoms with Crippen LogP contribution in [0.4, 0.5) is 5.69 Å². The summed E-state index contributed by atoms with van der Waals surface area (Å²) < 4.78 is 1.05. The summed E-state index contributed by atoms with van der Waals surface area (Å²) in [5.74, 6) is 0.174. The first-order valence-electron chi connectivity index (χ1n) is 8.44. The number of amides is 1. The van der Waals surface area contributed by atoms with E-state index >= 15 is 0 Å². The number of anilines is 1. The van der Waals surface area contributed by atoms with Crippen molar-refractivity contribution in [3.63, 3.8) is 0 Å². The summed E-state index contributed by atoms with van der Waals surface area (Å²) in [7, 11) is 0. The van der Waals surface area contributed by atoms with Crippen LogP contribution in [0.3, 0.4) is 0 Å². The smallest absolute Gasteiger partial charge is 0.228 e. The maximum Gasteiger partial charge on any atom is 0.228 e. The van der Waals surface area contributed by atoms with E-state index in [1.54, 1.807) is 0 Å². The van der Waals surface area contributed by atoms with Gasteiger partial charge in [0.1, 0.15) is 0 Å². The minimum absolute atomic E-state index is 0.116. The number of carbonyl (C=O) groups is 1. The number of carbonyl (C=O) groups excluding carboxylic acids is 1. The Bertz CT molecular complexity index is 853. The molecule has 0 spiro atoms. The number of hydrogen-bond donors (Lipinski definition) is 0. The molecule has 0 saturated carbocycles. The van der Waals surface area contributed by atoms with Crippen LogP contribution in [-0.2, 0) is 11.2 Å². The Balaban J connectivity index is 1.90. The van der Waals surface area contributed by atoms with Crippen LogP contribution < -0.4 is 4.90 Å². The van der Waals surface area contributed by atoms with Gasteiger partial charge in [-0.15, -0.1) is 0 Å². The Hall–Kier alpha value is -2.39. The van der Waals surface area contributed by atoms with Gasteiger partial charge in [-0.25, -0.2) is 0 Å². The largest absolute Gasteiger partial charge is 0.301 e. The van der Waals surface area contributed by atoms with E-state index in [9.17, 15) is 4.79 Å². The zero-order valence-corrected chi connectivity index (χ0v) is 15.3. The highest BCUT2D eigenvalue weighted by Crippen LogP contribution is 2.39. The van der Waals surface area contributed by atoms with Crippen molar-refractivity contribution in [1.82, 2.24) is 0 Å². The van der Waals surface area contributed by atoms with Crippen molar-refractivity contribution >= 4 is 27.5 Å². The molecular formula is C22H18BrNO. The molecule has 0 aliphatic carbocycles. The van der Waals surface area contributed by atoms with E-state index in [0.29, 0.717) is 6.42 Å². The number of rotatable bonds is 3. The third kappa shape index (κ3) is 3.12. The lowest BCUT2D eigenvalue weighted by Crippen LogP contribution is -2.39. The normalized spacial score (nSPS) is 13.8. The highest BCUT2D eigenvalue weighted by molar-refractivity contribution is 9.10. The second-order valence-corrected chi connectivity index (χ2v) is 7.18. The maximum atomic E-state index is 12.9. The Morgan fingerprint density at radius 1 is 0.800 bits per heavy atom. The Kier molecular flexibility index (Phi) is 4.41. The van der Waals surface area contributed by atoms with Crippen LogP contribution in [0.1, 0.15) is 29.2 Å². The van der Waals surface area contributed by atoms with Crippen molar-refractivity contribution in [2.24, 2.45) is 0 Å². The van der Waals surface area contributed by atoms with Crippen molar-refractivity contribution < 1.29 is 4.79 Å². The van der Waals surface area contributed by atoms with E-state index in [-0.39, 0.29) is 11.9 Å². The number of aryl methyl sites for hydroxylation is 1. The highest BCUT2D eigenvalue weighted by Gasteiger charge is 2.32. The van der Waals surface area contributed by atoms with Gasteiger partial charge >= 0.3 is 0 Å². The summed E-state index contributed by atoms with van der Waals surface area (Å²) in [5, 5.41) is 0. The second kappa shape index (κ2) is 6.85. The second-order valence-electron chi connectivity index (χ2n) is 6.26. The lowest BCUT2D eigenvalue weighted by molar-refractivity contribution is -0.119. The fraction of sp³-hybridized carbons (Fsp3) is 0.136. The third-order valence-corrected chi connectivity index (χ3v) is 5.16. The molecule has 0 unspecified atom stereocenters. The third-order valence-electron chi connectivity index (χ3n) is 4.67. The molecule has 4 rings (SSSR count). The summed E-state index contributed by atoms with van der Waals surface area (Å²) >= 11 is 3.55. The van der Waals surface area contributed by atoms with Gasteiger partial charge in [-0.2, -0.15) is 0 Å². The van der Waals surface area contributed by atoms with E-state index in [4.69, 9.17) is 0 Å². The molecule has 0 fully saturated rings. The number of halogens is 1. The fourth-order valence-corrected chi connectivity index (χ4v) is 3.94. The van der Waals surface area contributed by atoms with E-state index in [1.807, 2.05) is 47.4 Å². The molecule has 0 radical (unpaired) electrons. The van der Waals surface area contributed by atoms with Crippen LogP contribution in [-0.4, -0.2) is 5.91 Å². The van der Waals surface area contributed by atoms with Crippen molar-refractivity contribution in [1.29, 1.82) is 0 Å². The lowest BCUT2D eigenvalue weighted by Gasteiger charge is -2.37. The predicted molar refractivity (Wildman–Crippen MR) is 105 cm³/mol. The van der Waals surface area contributed by atoms with Crippen molar-refractivity contribution in [3.8, 4) is 0 Å². The van der Waals surface area contributed by atoms with Crippen LogP contribution in [0.15, 0.2) is 83.3 Å². The summed E-state index contributed by atoms with van der Waals surface area (Å²) in [6.45, 7) is 0. The molecule has 3 aromatic rings. The van der Waals surface area contributed by atoms with Gasteiger partial charge in [-0.3, -0.25) is 4.79 Å². The molecule has 25 heavy (non-hydrogen) atoms. The maximum absolute atomic E-state index is 12.9. The van der Waals surface area contributed by atoms with Gasteiger partial charge in [0.2, 0.25) is 5.91 Å². The first kappa shape index (κ1) is 16.1. The Morgan fingerprint density at radius 2 is 1.40 bits per heavy atom. The summed E-state index contributed by atoms with van der Waals surface area (Å²) in [5.41, 5.74) is 4.47. The molecule has 3 heteroatoms. The van der Waals surface area contributed by atoms with Gasteiger partial charge in [-0.05, 0) is 41.3 Å². The molecule has 0 saturated heterocycles. The van der Waals surface area contributed by atoms with Gasteiger partial charge in [-0.1, -0.05) is 76.6 Å². The quantitative estimate of drug-likeness (QED) is 0.575. The topological polar surface area (TPSA) is 20.3 Å². The Labute approximate surface area is 156 Å². The lowest BCUT2D eigenvalue weighted by atomic mass is 9.92. The molecule has 1 amide bonds. The van der Waals surface area contributed by atoms with Crippen LogP contribution in [0.5, 0.6) is 0 Å². The van der Waals surface area contributed by atoms with Crippen LogP contribution in [0.25, 0.3) is 0 Å². The van der Waals surface area contributed by atoms with Gasteiger partial charge in [0, 0.05) is 16.6 Å². The molecule has 124 valence electrons. The number of hydrogen-bond acceptors (Lipinski definition) is 1. The molecule has 3 aromatic carbocycles. The van der Waals surface area contributed by atoms with Crippen LogP contribution in [0.2, 0.25) is 0 Å². The minimum Gasteiger partial charge on any atom is -0.301 e. The molecular weight excluding hydrogens is 374 g/mol. The average Bonchev–Trinajstić information content (AvgIpc) is 2.66. The van der Waals surface area contributed by atoms with Crippen molar-refractivity contribution in [2.75, 3.05) is 4.90 Å². The fourth-order valence-electron chi connectivity index (χ4n) is 3.53. The molecule has 1 aliphatic rings. The van der Waals surface area contributed by atoms with E-state index in [2.05, 4.69) is 52.3 Å². The molecule has 0 atom stereocenters. The monoisotopic (exact) mass is 391 g/mol. The first-order valence-corrected chi connectivity index (χ1v) is 9.24. The zero-order chi connectivity index (χ0) is 17.2. The first-order chi connectivity index (χ1) is 12.2. The van der Waals surface area contributed by atoms with Crippen LogP contribution >= 0.6 is 15.9 Å². The molecule has 0 aromatic heterocycles. The predicted octanol–water partition coefficient (Wildman–Crippen LogP) is 5.52. The van der Waals surface area contributed by atoms with E-state index < -0.39 is 0 Å². The van der Waals surface area contributed by atoms with Crippen molar-refractivity contribution in [3.05, 3.63) is 100 Å². The Morgan fingerprint density at radius 3 is 2.00 bits per heavy atom. The molecule has 1 heterocycles. The number of benzene rings is 3. The van der Waals surface area contributed by atoms with Crippen LogP contribution in [0, 0.1) is 0 Å². The van der Waals surface area contributed by atoms with Crippen molar-refractivity contribution in [2.45, 2.75) is 18.9 Å². The SMILES string of the molecule is O=C1CCc2cc(Br)ccc2N1C(c1ccccc1)c1ccccc1. The highest BCUT2D eigenvalue weighted by atomic mass is 79.9. The van der Waals surface area contributed by atoms with Gasteiger partial charge in [0.05, 0.1) is 6.04 Å². The molecule has 0 bridgehead atoms. The summed E-state index contributed by atoms with van der Waals surface area (Å²) in [4.78, 5) is 14.9. The summed E-state index contributed by atoms with van der Waals surface area (Å²) in [6.07, 6.45) is 1.33. The molecule has 0 N–H and O–H groups in total. The number of fused-ring (bicyclic) bond motifs is 1. The van der Waals surface area contributed by atoms with Gasteiger partial charge in [0.25, 0.3) is 0 Å². The van der Waals surface area contributed by atoms with E-state index in [1.165, 1.54) is 5.56 Å². The summed E-state index contributed by atoms with van der Waals surface area (Å²) in [6, 6.07) is 26.6. The van der Waals surface area contributed by atoms with Gasteiger partial charge in [0.15, 0.2) is 0 Å². The average molecular weight is 392 g/mol. The van der Waals surface area contributed by atoms with E-state index in [0.717, 1.165) is 27.7 Å². The minimum atomic E-state index is -0.116. The number of nitrogens with zero attached hydrogens (tertiary/aromatic N) is 1. The zero-order valence-electron chi connectivity index (χ0n) is 13.7. The molecule has 2 nitrogen and oxygen atoms in total. The standard InChI is InChI=1S/C22H18BrNO/c23-19-12-13-20-18(15-19)11-14-21(25)24(20)22(16-7-3-1-4-8-16)17-9-5-2-6-10-17/h1-10,12-13,15,22H,11,14H2. The van der Waals surface area contributed by atoms with Gasteiger partial charge < -0.3 is 4.90 Å². The molecule has 1 aliphatic heterocycles.